The highest BCUT2D eigenvalue weighted by molar-refractivity contribution is 5.99. The fraction of sp³-hybridized carbons (Fsp3) is 0.259. The number of aryl methyl sites for hydroxylation is 1. The minimum Gasteiger partial charge on any atom is -0.489 e. The first-order valence-corrected chi connectivity index (χ1v) is 11.4. The monoisotopic (exact) mass is 461 g/mol. The van der Waals surface area contributed by atoms with E-state index in [2.05, 4.69) is 16.0 Å². The molecule has 7 heteroatoms. The van der Waals surface area contributed by atoms with Crippen molar-refractivity contribution < 1.29 is 19.4 Å². The molecule has 3 aromatic carbocycles. The molecule has 0 unspecified atom stereocenters. The Labute approximate surface area is 200 Å². The summed E-state index contributed by atoms with van der Waals surface area (Å²) in [6.45, 7) is 2.47. The summed E-state index contributed by atoms with van der Waals surface area (Å²) in [7, 11) is 0. The van der Waals surface area contributed by atoms with Gasteiger partial charge in [0.2, 0.25) is 5.91 Å². The molecule has 4 N–H and O–H groups in total. The van der Waals surface area contributed by atoms with Crippen molar-refractivity contribution in [1.29, 1.82) is 0 Å². The first kappa shape index (κ1) is 24.8. The summed E-state index contributed by atoms with van der Waals surface area (Å²) in [5.41, 5.74) is 3.40. The molecule has 7 nitrogen and oxygen atoms in total. The van der Waals surface area contributed by atoms with Crippen LogP contribution in [0.15, 0.2) is 78.9 Å². The van der Waals surface area contributed by atoms with Gasteiger partial charge in [-0.2, -0.15) is 0 Å². The lowest BCUT2D eigenvalue weighted by atomic mass is 10.1. The molecular formula is C27H31N3O4. The van der Waals surface area contributed by atoms with Gasteiger partial charge in [0.25, 0.3) is 0 Å². The molecule has 0 radical (unpaired) electrons. The number of amides is 3. The van der Waals surface area contributed by atoms with E-state index in [1.54, 1.807) is 24.3 Å². The molecule has 0 aromatic heterocycles. The van der Waals surface area contributed by atoms with E-state index >= 15 is 0 Å². The fourth-order valence-electron chi connectivity index (χ4n) is 3.30. The number of nitrogens with one attached hydrogen (secondary N) is 3. The Morgan fingerprint density at radius 1 is 0.853 bits per heavy atom. The number of carbonyl (C=O) groups excluding carboxylic acids is 2. The van der Waals surface area contributed by atoms with Crippen LogP contribution in [-0.2, 0) is 11.4 Å². The van der Waals surface area contributed by atoms with Gasteiger partial charge in [-0.15, -0.1) is 0 Å². The number of unbranched alkanes of at least 4 members (excludes halogenated alkanes) is 1. The molecule has 3 aromatic rings. The molecule has 0 fully saturated rings. The van der Waals surface area contributed by atoms with E-state index in [1.807, 2.05) is 61.5 Å². The van der Waals surface area contributed by atoms with Crippen molar-refractivity contribution in [1.82, 2.24) is 5.32 Å². The van der Waals surface area contributed by atoms with Gasteiger partial charge in [-0.25, -0.2) is 4.79 Å². The first-order valence-electron chi connectivity index (χ1n) is 11.4. The molecule has 0 spiro atoms. The van der Waals surface area contributed by atoms with E-state index in [0.29, 0.717) is 43.0 Å². The van der Waals surface area contributed by atoms with Gasteiger partial charge in [0, 0.05) is 18.0 Å². The summed E-state index contributed by atoms with van der Waals surface area (Å²) in [6, 6.07) is 23.1. The van der Waals surface area contributed by atoms with Crippen molar-refractivity contribution in [2.75, 3.05) is 17.2 Å². The molecule has 0 aliphatic carbocycles. The predicted molar refractivity (Wildman–Crippen MR) is 134 cm³/mol. The van der Waals surface area contributed by atoms with Gasteiger partial charge in [-0.05, 0) is 68.1 Å². The molecule has 34 heavy (non-hydrogen) atoms. The van der Waals surface area contributed by atoms with E-state index in [-0.39, 0.29) is 12.5 Å². The van der Waals surface area contributed by atoms with E-state index in [4.69, 9.17) is 9.84 Å². The van der Waals surface area contributed by atoms with Crippen molar-refractivity contribution in [2.45, 2.75) is 38.8 Å². The van der Waals surface area contributed by atoms with Crippen LogP contribution in [0.4, 0.5) is 16.2 Å². The Morgan fingerprint density at radius 2 is 1.50 bits per heavy atom. The van der Waals surface area contributed by atoms with Gasteiger partial charge in [0.15, 0.2) is 0 Å². The van der Waals surface area contributed by atoms with Gasteiger partial charge in [0.05, 0.1) is 0 Å². The van der Waals surface area contributed by atoms with Crippen molar-refractivity contribution >= 4 is 23.3 Å². The minimum absolute atomic E-state index is 0.0389. The number of rotatable bonds is 11. The fourth-order valence-corrected chi connectivity index (χ4v) is 3.30. The SMILES string of the molecule is Cc1ccc(NC(=O)[C@H](CCCCO)NC(=O)Nc2ccc(OCc3ccccc3)cc2)cc1. The number of carbonyl (C=O) groups is 2. The Morgan fingerprint density at radius 3 is 2.18 bits per heavy atom. The van der Waals surface area contributed by atoms with Crippen LogP contribution in [0.5, 0.6) is 5.75 Å². The lowest BCUT2D eigenvalue weighted by Gasteiger charge is -2.19. The summed E-state index contributed by atoms with van der Waals surface area (Å²) in [4.78, 5) is 25.4. The number of ether oxygens (including phenoxy) is 1. The second kappa shape index (κ2) is 13.0. The summed E-state index contributed by atoms with van der Waals surface area (Å²) in [6.07, 6.45) is 1.58. The lowest BCUT2D eigenvalue weighted by molar-refractivity contribution is -0.118. The van der Waals surface area contributed by atoms with Crippen LogP contribution < -0.4 is 20.7 Å². The van der Waals surface area contributed by atoms with Gasteiger partial charge in [-0.1, -0.05) is 48.0 Å². The van der Waals surface area contributed by atoms with Crippen LogP contribution in [0.3, 0.4) is 0 Å². The van der Waals surface area contributed by atoms with Gasteiger partial charge < -0.3 is 25.8 Å². The van der Waals surface area contributed by atoms with Crippen LogP contribution in [0.1, 0.15) is 30.4 Å². The molecule has 3 amide bonds. The maximum Gasteiger partial charge on any atom is 0.319 e. The third-order valence-electron chi connectivity index (χ3n) is 5.20. The molecule has 1 atom stereocenters. The predicted octanol–water partition coefficient (Wildman–Crippen LogP) is 4.87. The average molecular weight is 462 g/mol. The normalized spacial score (nSPS) is 11.4. The van der Waals surface area contributed by atoms with Gasteiger partial charge in [-0.3, -0.25) is 4.79 Å². The highest BCUT2D eigenvalue weighted by atomic mass is 16.5. The second-order valence-corrected chi connectivity index (χ2v) is 8.02. The summed E-state index contributed by atoms with van der Waals surface area (Å²) in [5.74, 6) is 0.385. The zero-order valence-electron chi connectivity index (χ0n) is 19.3. The van der Waals surface area contributed by atoms with Gasteiger partial charge in [0.1, 0.15) is 18.4 Å². The highest BCUT2D eigenvalue weighted by Crippen LogP contribution is 2.17. The van der Waals surface area contributed by atoms with Crippen LogP contribution in [0.2, 0.25) is 0 Å². The molecule has 0 saturated carbocycles. The number of aliphatic hydroxyl groups is 1. The third kappa shape index (κ3) is 8.26. The van der Waals surface area contributed by atoms with Crippen LogP contribution in [0, 0.1) is 6.92 Å². The molecule has 0 heterocycles. The number of aliphatic hydroxyl groups excluding tert-OH is 1. The van der Waals surface area contributed by atoms with Crippen molar-refractivity contribution in [3.05, 3.63) is 90.0 Å². The average Bonchev–Trinajstić information content (AvgIpc) is 2.85. The maximum atomic E-state index is 12.8. The Kier molecular flexibility index (Phi) is 9.49. The van der Waals surface area contributed by atoms with E-state index in [1.165, 1.54) is 0 Å². The topological polar surface area (TPSA) is 99.7 Å². The number of benzene rings is 3. The smallest absolute Gasteiger partial charge is 0.319 e. The van der Waals surface area contributed by atoms with Crippen molar-refractivity contribution in [3.8, 4) is 5.75 Å². The van der Waals surface area contributed by atoms with Crippen LogP contribution in [0.25, 0.3) is 0 Å². The zero-order chi connectivity index (χ0) is 24.2. The standard InChI is InChI=1S/C27H31N3O4/c1-20-10-12-22(13-11-20)28-26(32)25(9-5-6-18-31)30-27(33)29-23-14-16-24(17-15-23)34-19-21-7-3-2-4-8-21/h2-4,7-8,10-17,25,31H,5-6,9,18-19H2,1H3,(H,28,32)(H2,29,30,33)/t25-/m0/s1. The van der Waals surface area contributed by atoms with E-state index in [9.17, 15) is 9.59 Å². The summed E-state index contributed by atoms with van der Waals surface area (Å²) in [5, 5.41) is 17.4. The Balaban J connectivity index is 1.54. The van der Waals surface area contributed by atoms with Crippen LogP contribution in [-0.4, -0.2) is 29.7 Å². The number of hydrogen-bond donors (Lipinski definition) is 4. The first-order chi connectivity index (χ1) is 16.5. The molecule has 0 bridgehead atoms. The molecule has 0 aliphatic rings. The largest absolute Gasteiger partial charge is 0.489 e. The summed E-state index contributed by atoms with van der Waals surface area (Å²) < 4.78 is 5.77. The molecule has 3 rings (SSSR count). The zero-order valence-corrected chi connectivity index (χ0v) is 19.3. The minimum atomic E-state index is -0.735. The lowest BCUT2D eigenvalue weighted by Crippen LogP contribution is -2.45. The van der Waals surface area contributed by atoms with E-state index < -0.39 is 12.1 Å². The molecule has 178 valence electrons. The highest BCUT2D eigenvalue weighted by Gasteiger charge is 2.20. The quantitative estimate of drug-likeness (QED) is 0.306. The number of urea groups is 1. The van der Waals surface area contributed by atoms with E-state index in [0.717, 1.165) is 11.1 Å². The molecular weight excluding hydrogens is 430 g/mol. The van der Waals surface area contributed by atoms with Crippen LogP contribution >= 0.6 is 0 Å². The summed E-state index contributed by atoms with van der Waals surface area (Å²) >= 11 is 0. The third-order valence-corrected chi connectivity index (χ3v) is 5.20. The Hall–Kier alpha value is -3.84. The molecule has 0 aliphatic heterocycles. The maximum absolute atomic E-state index is 12.8. The number of anilines is 2. The number of hydrogen-bond acceptors (Lipinski definition) is 4. The second-order valence-electron chi connectivity index (χ2n) is 8.02. The Bertz CT molecular complexity index is 1040. The molecule has 0 saturated heterocycles. The van der Waals surface area contributed by atoms with Crippen molar-refractivity contribution in [2.24, 2.45) is 0 Å². The van der Waals surface area contributed by atoms with Gasteiger partial charge >= 0.3 is 6.03 Å². The van der Waals surface area contributed by atoms with Crippen molar-refractivity contribution in [3.63, 3.8) is 0 Å².